The Morgan fingerprint density at radius 2 is 2.11 bits per heavy atom. The number of hydrogen-bond acceptors (Lipinski definition) is 5. The van der Waals surface area contributed by atoms with E-state index >= 15 is 0 Å². The van der Waals surface area contributed by atoms with Gasteiger partial charge in [-0.05, 0) is 44.0 Å². The molecule has 2 aromatic rings. The number of amides is 1. The maximum absolute atomic E-state index is 12.7. The molecule has 0 saturated carbocycles. The molecule has 1 atom stereocenters. The van der Waals surface area contributed by atoms with Gasteiger partial charge in [0.2, 0.25) is 15.9 Å². The zero-order valence-corrected chi connectivity index (χ0v) is 16.5. The molecular formula is C18H22ClN3O4S. The highest BCUT2D eigenvalue weighted by Crippen LogP contribution is 2.27. The Morgan fingerprint density at radius 3 is 2.74 bits per heavy atom. The molecule has 3 rings (SSSR count). The fourth-order valence-corrected chi connectivity index (χ4v) is 5.10. The molecule has 0 bridgehead atoms. The van der Waals surface area contributed by atoms with Gasteiger partial charge < -0.3 is 9.73 Å². The van der Waals surface area contributed by atoms with Gasteiger partial charge in [-0.3, -0.25) is 4.79 Å². The number of hydrogen-bond donors (Lipinski definition) is 1. The van der Waals surface area contributed by atoms with Gasteiger partial charge in [0, 0.05) is 37.7 Å². The SMILES string of the molecule is CC(Cc1ccco1)NC(=O)C1CCN(S(=O)(=O)c2cccnc2Cl)CC1. The molecule has 0 spiro atoms. The number of rotatable bonds is 6. The molecule has 1 aliphatic heterocycles. The van der Waals surface area contributed by atoms with Crippen LogP contribution in [-0.4, -0.2) is 42.7 Å². The molecule has 2 aromatic heterocycles. The number of pyridine rings is 1. The van der Waals surface area contributed by atoms with Crippen LogP contribution in [0, 0.1) is 5.92 Å². The Hall–Kier alpha value is -1.90. The summed E-state index contributed by atoms with van der Waals surface area (Å²) in [6, 6.07) is 6.61. The summed E-state index contributed by atoms with van der Waals surface area (Å²) in [6.45, 7) is 2.47. The Labute approximate surface area is 163 Å². The normalized spacial score (nSPS) is 17.6. The highest BCUT2D eigenvalue weighted by molar-refractivity contribution is 7.89. The van der Waals surface area contributed by atoms with Crippen LogP contribution in [0.1, 0.15) is 25.5 Å². The summed E-state index contributed by atoms with van der Waals surface area (Å²) in [5, 5.41) is 2.95. The monoisotopic (exact) mass is 411 g/mol. The summed E-state index contributed by atoms with van der Waals surface area (Å²) in [7, 11) is -3.70. The van der Waals surface area contributed by atoms with E-state index in [0.717, 1.165) is 5.76 Å². The lowest BCUT2D eigenvalue weighted by Gasteiger charge is -2.31. The maximum Gasteiger partial charge on any atom is 0.246 e. The summed E-state index contributed by atoms with van der Waals surface area (Å²) in [5.41, 5.74) is 0. The minimum Gasteiger partial charge on any atom is -0.469 e. The third kappa shape index (κ3) is 4.69. The summed E-state index contributed by atoms with van der Waals surface area (Å²) < 4.78 is 32.1. The fourth-order valence-electron chi connectivity index (χ4n) is 3.20. The lowest BCUT2D eigenvalue weighted by atomic mass is 9.96. The molecule has 27 heavy (non-hydrogen) atoms. The zero-order valence-electron chi connectivity index (χ0n) is 15.0. The van der Waals surface area contributed by atoms with Crippen LogP contribution in [0.15, 0.2) is 46.0 Å². The summed E-state index contributed by atoms with van der Waals surface area (Å²) in [5.74, 6) is 0.558. The number of carbonyl (C=O) groups excluding carboxylic acids is 1. The average molecular weight is 412 g/mol. The lowest BCUT2D eigenvalue weighted by Crippen LogP contribution is -2.45. The molecule has 0 aromatic carbocycles. The van der Waals surface area contributed by atoms with Crippen molar-refractivity contribution in [1.29, 1.82) is 0 Å². The second-order valence-electron chi connectivity index (χ2n) is 6.66. The van der Waals surface area contributed by atoms with Crippen LogP contribution >= 0.6 is 11.6 Å². The van der Waals surface area contributed by atoms with E-state index in [9.17, 15) is 13.2 Å². The smallest absolute Gasteiger partial charge is 0.246 e. The highest BCUT2D eigenvalue weighted by atomic mass is 35.5. The maximum atomic E-state index is 12.7. The van der Waals surface area contributed by atoms with E-state index in [-0.39, 0.29) is 41.0 Å². The van der Waals surface area contributed by atoms with E-state index < -0.39 is 10.0 Å². The van der Waals surface area contributed by atoms with Crippen molar-refractivity contribution in [2.75, 3.05) is 13.1 Å². The first-order valence-corrected chi connectivity index (χ1v) is 10.6. The van der Waals surface area contributed by atoms with E-state index in [0.29, 0.717) is 19.3 Å². The average Bonchev–Trinajstić information content (AvgIpc) is 3.14. The van der Waals surface area contributed by atoms with Crippen molar-refractivity contribution < 1.29 is 17.6 Å². The number of sulfonamides is 1. The van der Waals surface area contributed by atoms with Gasteiger partial charge in [0.05, 0.1) is 6.26 Å². The van der Waals surface area contributed by atoms with E-state index in [4.69, 9.17) is 16.0 Å². The van der Waals surface area contributed by atoms with Crippen LogP contribution < -0.4 is 5.32 Å². The van der Waals surface area contributed by atoms with Crippen molar-refractivity contribution in [2.45, 2.75) is 37.1 Å². The molecule has 1 unspecified atom stereocenters. The molecule has 3 heterocycles. The molecule has 1 amide bonds. The number of piperidine rings is 1. The van der Waals surface area contributed by atoms with Gasteiger partial charge in [-0.15, -0.1) is 0 Å². The van der Waals surface area contributed by atoms with Gasteiger partial charge >= 0.3 is 0 Å². The summed E-state index contributed by atoms with van der Waals surface area (Å²) >= 11 is 5.93. The highest BCUT2D eigenvalue weighted by Gasteiger charge is 2.33. The van der Waals surface area contributed by atoms with Crippen LogP contribution in [0.5, 0.6) is 0 Å². The minimum absolute atomic E-state index is 0.00152. The number of halogens is 1. The van der Waals surface area contributed by atoms with Crippen molar-refractivity contribution in [3.63, 3.8) is 0 Å². The van der Waals surface area contributed by atoms with E-state index in [1.807, 2.05) is 19.1 Å². The first kappa shape index (κ1) is 19.9. The minimum atomic E-state index is -3.70. The summed E-state index contributed by atoms with van der Waals surface area (Å²) in [4.78, 5) is 16.3. The molecule has 0 aliphatic carbocycles. The second-order valence-corrected chi connectivity index (χ2v) is 8.93. The third-order valence-electron chi connectivity index (χ3n) is 4.64. The van der Waals surface area contributed by atoms with Crippen molar-refractivity contribution in [3.8, 4) is 0 Å². The Kier molecular flexibility index (Phi) is 6.18. The quantitative estimate of drug-likeness (QED) is 0.737. The Bertz CT molecular complexity index is 878. The predicted octanol–water partition coefficient (Wildman–Crippen LogP) is 2.48. The standard InChI is InChI=1S/C18H22ClN3O4S/c1-13(12-15-4-3-11-26-15)21-18(23)14-6-9-22(10-7-14)27(24,25)16-5-2-8-20-17(16)19/h2-5,8,11,13-14H,6-7,9-10,12H2,1H3,(H,21,23). The van der Waals surface area contributed by atoms with E-state index in [1.165, 1.54) is 16.6 Å². The fraction of sp³-hybridized carbons (Fsp3) is 0.444. The molecule has 7 nitrogen and oxygen atoms in total. The predicted molar refractivity (Wildman–Crippen MR) is 101 cm³/mol. The van der Waals surface area contributed by atoms with Crippen molar-refractivity contribution >= 4 is 27.5 Å². The lowest BCUT2D eigenvalue weighted by molar-refractivity contribution is -0.126. The number of furan rings is 1. The second kappa shape index (κ2) is 8.41. The van der Waals surface area contributed by atoms with E-state index in [2.05, 4.69) is 10.3 Å². The first-order valence-electron chi connectivity index (χ1n) is 8.81. The summed E-state index contributed by atoms with van der Waals surface area (Å²) in [6.07, 6.45) is 4.61. The largest absolute Gasteiger partial charge is 0.469 e. The molecule has 146 valence electrons. The van der Waals surface area contributed by atoms with E-state index in [1.54, 1.807) is 12.3 Å². The first-order chi connectivity index (χ1) is 12.9. The molecule has 1 fully saturated rings. The molecule has 1 aliphatic rings. The third-order valence-corrected chi connectivity index (χ3v) is 6.99. The molecule has 0 radical (unpaired) electrons. The molecule has 1 N–H and O–H groups in total. The van der Waals surface area contributed by atoms with Gasteiger partial charge in [-0.1, -0.05) is 11.6 Å². The zero-order chi connectivity index (χ0) is 19.4. The number of nitrogens with one attached hydrogen (secondary N) is 1. The van der Waals surface area contributed by atoms with Crippen LogP contribution in [0.3, 0.4) is 0 Å². The van der Waals surface area contributed by atoms with Crippen molar-refractivity contribution in [3.05, 3.63) is 47.6 Å². The van der Waals surface area contributed by atoms with Crippen LogP contribution in [0.25, 0.3) is 0 Å². The van der Waals surface area contributed by atoms with Gasteiger partial charge in [0.1, 0.15) is 15.8 Å². The van der Waals surface area contributed by atoms with Crippen LogP contribution in [0.2, 0.25) is 5.15 Å². The van der Waals surface area contributed by atoms with Gasteiger partial charge in [0.25, 0.3) is 0 Å². The van der Waals surface area contributed by atoms with Crippen LogP contribution in [0.4, 0.5) is 0 Å². The van der Waals surface area contributed by atoms with Gasteiger partial charge in [-0.2, -0.15) is 4.31 Å². The topological polar surface area (TPSA) is 92.5 Å². The Morgan fingerprint density at radius 1 is 1.37 bits per heavy atom. The number of carbonyl (C=O) groups is 1. The molecule has 1 saturated heterocycles. The van der Waals surface area contributed by atoms with Crippen LogP contribution in [-0.2, 0) is 21.2 Å². The van der Waals surface area contributed by atoms with Gasteiger partial charge in [0.15, 0.2) is 0 Å². The molecular weight excluding hydrogens is 390 g/mol. The Balaban J connectivity index is 1.55. The number of aromatic nitrogens is 1. The molecule has 9 heteroatoms. The number of nitrogens with zero attached hydrogens (tertiary/aromatic N) is 2. The van der Waals surface area contributed by atoms with Gasteiger partial charge in [-0.25, -0.2) is 13.4 Å². The van der Waals surface area contributed by atoms with Crippen molar-refractivity contribution in [2.24, 2.45) is 5.92 Å². The van der Waals surface area contributed by atoms with Crippen molar-refractivity contribution in [1.82, 2.24) is 14.6 Å².